The van der Waals surface area contributed by atoms with Crippen LogP contribution in [0.5, 0.6) is 0 Å². The molecule has 0 saturated carbocycles. The molecule has 0 saturated heterocycles. The first-order valence-corrected chi connectivity index (χ1v) is 8.92. The Labute approximate surface area is 165 Å². The summed E-state index contributed by atoms with van der Waals surface area (Å²) < 4.78 is 31.3. The fraction of sp³-hybridized carbons (Fsp3) is 0.200. The van der Waals surface area contributed by atoms with Crippen molar-refractivity contribution in [1.29, 1.82) is 0 Å². The van der Waals surface area contributed by atoms with Crippen molar-refractivity contribution in [1.82, 2.24) is 29.5 Å². The van der Waals surface area contributed by atoms with Gasteiger partial charge in [-0.15, -0.1) is 10.2 Å². The van der Waals surface area contributed by atoms with Crippen LogP contribution in [0.4, 0.5) is 8.78 Å². The SMILES string of the molecule is C[C@@H](c1ccc(-n2cnnc2)cc1)[C@](O)(Cn1cncn1)c1ccc(F)cc1F. The van der Waals surface area contributed by atoms with E-state index in [1.54, 1.807) is 24.1 Å². The molecule has 1 N–H and O–H groups in total. The van der Waals surface area contributed by atoms with E-state index in [2.05, 4.69) is 20.3 Å². The summed E-state index contributed by atoms with van der Waals surface area (Å²) in [6.45, 7) is 1.73. The summed E-state index contributed by atoms with van der Waals surface area (Å²) in [6, 6.07) is 10.6. The van der Waals surface area contributed by atoms with Gasteiger partial charge in [-0.3, -0.25) is 4.57 Å². The molecule has 0 fully saturated rings. The quantitative estimate of drug-likeness (QED) is 0.542. The topological polar surface area (TPSA) is 81.6 Å². The number of hydrogen-bond donors (Lipinski definition) is 1. The second-order valence-electron chi connectivity index (χ2n) is 6.82. The van der Waals surface area contributed by atoms with E-state index < -0.39 is 23.2 Å². The molecule has 4 aromatic rings. The minimum absolute atomic E-state index is 0.00946. The van der Waals surface area contributed by atoms with Gasteiger partial charge in [-0.2, -0.15) is 5.10 Å². The van der Waals surface area contributed by atoms with Crippen LogP contribution in [0.15, 0.2) is 67.8 Å². The highest BCUT2D eigenvalue weighted by Crippen LogP contribution is 2.39. The largest absolute Gasteiger partial charge is 0.382 e. The Morgan fingerprint density at radius 2 is 1.76 bits per heavy atom. The molecular formula is C20H18F2N6O. The van der Waals surface area contributed by atoms with E-state index in [-0.39, 0.29) is 12.1 Å². The van der Waals surface area contributed by atoms with Crippen LogP contribution < -0.4 is 0 Å². The Hall–Kier alpha value is -3.46. The zero-order valence-corrected chi connectivity index (χ0v) is 15.5. The summed E-state index contributed by atoms with van der Waals surface area (Å²) >= 11 is 0. The Kier molecular flexibility index (Phi) is 4.89. The van der Waals surface area contributed by atoms with Crippen LogP contribution in [-0.4, -0.2) is 34.6 Å². The van der Waals surface area contributed by atoms with Gasteiger partial charge in [-0.25, -0.2) is 18.4 Å². The van der Waals surface area contributed by atoms with Gasteiger partial charge in [0.1, 0.15) is 42.5 Å². The Morgan fingerprint density at radius 1 is 1.03 bits per heavy atom. The van der Waals surface area contributed by atoms with Crippen LogP contribution in [0.1, 0.15) is 24.0 Å². The molecule has 0 amide bonds. The van der Waals surface area contributed by atoms with Crippen molar-refractivity contribution >= 4 is 0 Å². The highest BCUT2D eigenvalue weighted by molar-refractivity contribution is 5.38. The molecule has 9 heteroatoms. The van der Waals surface area contributed by atoms with E-state index >= 15 is 0 Å². The fourth-order valence-electron chi connectivity index (χ4n) is 3.40. The smallest absolute Gasteiger partial charge is 0.137 e. The van der Waals surface area contributed by atoms with Gasteiger partial charge in [0.15, 0.2) is 0 Å². The van der Waals surface area contributed by atoms with Gasteiger partial charge in [0.25, 0.3) is 0 Å². The maximum absolute atomic E-state index is 14.6. The Bertz CT molecular complexity index is 1080. The van der Waals surface area contributed by atoms with E-state index in [4.69, 9.17) is 0 Å². The molecule has 0 aliphatic carbocycles. The average molecular weight is 396 g/mol. The number of halogens is 2. The van der Waals surface area contributed by atoms with Gasteiger partial charge in [0, 0.05) is 23.2 Å². The Balaban J connectivity index is 1.74. The monoisotopic (exact) mass is 396 g/mol. The van der Waals surface area contributed by atoms with Crippen LogP contribution in [-0.2, 0) is 12.1 Å². The third kappa shape index (κ3) is 3.64. The number of rotatable bonds is 6. The van der Waals surface area contributed by atoms with Crippen molar-refractivity contribution in [3.8, 4) is 5.69 Å². The van der Waals surface area contributed by atoms with Crippen molar-refractivity contribution in [2.75, 3.05) is 0 Å². The summed E-state index contributed by atoms with van der Waals surface area (Å²) in [5.41, 5.74) is -0.0829. The lowest BCUT2D eigenvalue weighted by molar-refractivity contribution is -0.0112. The van der Waals surface area contributed by atoms with Crippen molar-refractivity contribution in [3.05, 3.63) is 90.5 Å². The molecule has 0 spiro atoms. The zero-order valence-electron chi connectivity index (χ0n) is 15.5. The number of benzene rings is 2. The standard InChI is InChI=1S/C20H18F2N6O/c1-14(15-2-5-17(6-3-15)27-12-24-25-13-27)20(29,9-28-11-23-10-26-28)18-7-4-16(21)8-19(18)22/h2-8,10-14,29H,9H2,1H3/t14-,20+/m0/s1. The molecule has 4 rings (SSSR count). The van der Waals surface area contributed by atoms with Crippen LogP contribution in [0.2, 0.25) is 0 Å². The third-order valence-corrected chi connectivity index (χ3v) is 5.09. The number of nitrogens with zero attached hydrogens (tertiary/aromatic N) is 6. The van der Waals surface area contributed by atoms with Crippen molar-refractivity contribution < 1.29 is 13.9 Å². The highest BCUT2D eigenvalue weighted by Gasteiger charge is 2.39. The minimum Gasteiger partial charge on any atom is -0.382 e. The predicted molar refractivity (Wildman–Crippen MR) is 100 cm³/mol. The van der Waals surface area contributed by atoms with Gasteiger partial charge in [0.05, 0.1) is 6.54 Å². The second kappa shape index (κ2) is 7.51. The lowest BCUT2D eigenvalue weighted by atomic mass is 9.78. The van der Waals surface area contributed by atoms with Crippen LogP contribution in [0.25, 0.3) is 5.69 Å². The van der Waals surface area contributed by atoms with Crippen molar-refractivity contribution in [2.45, 2.75) is 25.0 Å². The summed E-state index contributed by atoms with van der Waals surface area (Å²) in [4.78, 5) is 3.88. The van der Waals surface area contributed by atoms with Gasteiger partial charge < -0.3 is 5.11 Å². The molecular weight excluding hydrogens is 378 g/mol. The Morgan fingerprint density at radius 3 is 2.38 bits per heavy atom. The lowest BCUT2D eigenvalue weighted by Gasteiger charge is -2.35. The molecule has 29 heavy (non-hydrogen) atoms. The van der Waals surface area contributed by atoms with Crippen LogP contribution in [0, 0.1) is 11.6 Å². The van der Waals surface area contributed by atoms with E-state index in [0.717, 1.165) is 23.4 Å². The van der Waals surface area contributed by atoms with E-state index in [9.17, 15) is 13.9 Å². The molecule has 0 bridgehead atoms. The van der Waals surface area contributed by atoms with Gasteiger partial charge in [-0.1, -0.05) is 25.1 Å². The normalized spacial score (nSPS) is 14.5. The molecule has 0 aliphatic rings. The van der Waals surface area contributed by atoms with Crippen molar-refractivity contribution in [2.24, 2.45) is 0 Å². The second-order valence-corrected chi connectivity index (χ2v) is 6.82. The maximum atomic E-state index is 14.6. The summed E-state index contributed by atoms with van der Waals surface area (Å²) in [7, 11) is 0. The van der Waals surface area contributed by atoms with E-state index in [1.807, 2.05) is 24.3 Å². The van der Waals surface area contributed by atoms with Crippen molar-refractivity contribution in [3.63, 3.8) is 0 Å². The van der Waals surface area contributed by atoms with Gasteiger partial charge in [-0.05, 0) is 23.8 Å². The summed E-state index contributed by atoms with van der Waals surface area (Å²) in [5, 5.41) is 23.2. The van der Waals surface area contributed by atoms with E-state index in [1.165, 1.54) is 23.4 Å². The molecule has 2 atom stereocenters. The number of hydrogen-bond acceptors (Lipinski definition) is 5. The fourth-order valence-corrected chi connectivity index (χ4v) is 3.40. The van der Waals surface area contributed by atoms with Gasteiger partial charge >= 0.3 is 0 Å². The first-order chi connectivity index (χ1) is 14.0. The molecule has 0 unspecified atom stereocenters. The molecule has 7 nitrogen and oxygen atoms in total. The highest BCUT2D eigenvalue weighted by atomic mass is 19.1. The van der Waals surface area contributed by atoms with Crippen LogP contribution in [0.3, 0.4) is 0 Å². The molecule has 148 valence electrons. The molecule has 0 radical (unpaired) electrons. The zero-order chi connectivity index (χ0) is 20.4. The lowest BCUT2D eigenvalue weighted by Crippen LogP contribution is -2.38. The first kappa shape index (κ1) is 18.9. The average Bonchev–Trinajstić information content (AvgIpc) is 3.41. The minimum atomic E-state index is -1.69. The predicted octanol–water partition coefficient (Wildman–Crippen LogP) is 2.83. The number of aromatic nitrogens is 6. The molecule has 2 aromatic heterocycles. The number of aliphatic hydroxyl groups is 1. The summed E-state index contributed by atoms with van der Waals surface area (Å²) in [5.74, 6) is -2.07. The van der Waals surface area contributed by atoms with E-state index in [0.29, 0.717) is 0 Å². The van der Waals surface area contributed by atoms with Gasteiger partial charge in [0.2, 0.25) is 0 Å². The van der Waals surface area contributed by atoms with Crippen LogP contribution >= 0.6 is 0 Å². The molecule has 2 heterocycles. The maximum Gasteiger partial charge on any atom is 0.137 e. The molecule has 2 aromatic carbocycles. The summed E-state index contributed by atoms with van der Waals surface area (Å²) in [6.07, 6.45) is 5.93. The third-order valence-electron chi connectivity index (χ3n) is 5.09. The first-order valence-electron chi connectivity index (χ1n) is 8.92. The molecule has 0 aliphatic heterocycles.